The largest absolute Gasteiger partial charge is 0.493 e. The molecule has 0 fully saturated rings. The minimum atomic E-state index is 0.0411. The Morgan fingerprint density at radius 1 is 1.20 bits per heavy atom. The van der Waals surface area contributed by atoms with Crippen molar-refractivity contribution in [2.24, 2.45) is 5.92 Å². The van der Waals surface area contributed by atoms with Crippen LogP contribution in [0.25, 0.3) is 6.08 Å². The first-order chi connectivity index (χ1) is 9.69. The van der Waals surface area contributed by atoms with Gasteiger partial charge in [0.1, 0.15) is 5.78 Å². The summed E-state index contributed by atoms with van der Waals surface area (Å²) in [6.45, 7) is 2.15. The van der Waals surface area contributed by atoms with E-state index in [1.54, 1.807) is 14.2 Å². The number of methoxy groups -OCH3 is 2. The van der Waals surface area contributed by atoms with Crippen molar-refractivity contribution in [1.82, 2.24) is 0 Å². The van der Waals surface area contributed by atoms with Crippen LogP contribution in [-0.4, -0.2) is 20.0 Å². The van der Waals surface area contributed by atoms with Gasteiger partial charge in [0.15, 0.2) is 11.5 Å². The molecule has 2 rings (SSSR count). The number of carbonyl (C=O) groups excluding carboxylic acids is 1. The average Bonchev–Trinajstić information content (AvgIpc) is 2.61. The van der Waals surface area contributed by atoms with E-state index < -0.39 is 0 Å². The summed E-state index contributed by atoms with van der Waals surface area (Å²) in [7, 11) is 3.24. The molecule has 0 spiro atoms. The molecule has 0 amide bonds. The molecule has 3 nitrogen and oxygen atoms in total. The zero-order valence-corrected chi connectivity index (χ0v) is 12.4. The van der Waals surface area contributed by atoms with Gasteiger partial charge in [-0.2, -0.15) is 0 Å². The van der Waals surface area contributed by atoms with Crippen molar-refractivity contribution in [1.29, 1.82) is 0 Å². The zero-order chi connectivity index (χ0) is 14.5. The van der Waals surface area contributed by atoms with Gasteiger partial charge in [0.2, 0.25) is 0 Å². The number of ketones is 1. The van der Waals surface area contributed by atoms with Gasteiger partial charge in [0, 0.05) is 12.3 Å². The highest BCUT2D eigenvalue weighted by Gasteiger charge is 2.21. The summed E-state index contributed by atoms with van der Waals surface area (Å²) in [5, 5.41) is 0. The van der Waals surface area contributed by atoms with E-state index in [2.05, 4.69) is 6.92 Å². The van der Waals surface area contributed by atoms with Crippen LogP contribution in [0.4, 0.5) is 0 Å². The molecule has 0 aliphatic heterocycles. The topological polar surface area (TPSA) is 35.5 Å². The number of hydrogen-bond donors (Lipinski definition) is 0. The lowest BCUT2D eigenvalue weighted by Gasteiger charge is -2.12. The maximum absolute atomic E-state index is 12.3. The Labute approximate surface area is 120 Å². The third kappa shape index (κ3) is 3.03. The quantitative estimate of drug-likeness (QED) is 0.822. The summed E-state index contributed by atoms with van der Waals surface area (Å²) < 4.78 is 10.6. The smallest absolute Gasteiger partial charge is 0.161 e. The van der Waals surface area contributed by atoms with Crippen LogP contribution in [-0.2, 0) is 11.2 Å². The van der Waals surface area contributed by atoms with Crippen LogP contribution in [0.15, 0.2) is 18.2 Å². The lowest BCUT2D eigenvalue weighted by atomic mass is 9.95. The van der Waals surface area contributed by atoms with Gasteiger partial charge in [0.25, 0.3) is 0 Å². The number of Topliss-reactive ketones (excluding diaryl/α,β-unsaturated/α-hetero) is 1. The number of ether oxygens (including phenoxy) is 2. The molecule has 0 bridgehead atoms. The van der Waals surface area contributed by atoms with Gasteiger partial charge in [-0.3, -0.25) is 4.79 Å². The minimum Gasteiger partial charge on any atom is -0.493 e. The third-order valence-electron chi connectivity index (χ3n) is 3.80. The number of hydrogen-bond acceptors (Lipinski definition) is 3. The van der Waals surface area contributed by atoms with E-state index in [1.807, 2.05) is 24.3 Å². The van der Waals surface area contributed by atoms with Crippen molar-refractivity contribution in [3.63, 3.8) is 0 Å². The Kier molecular flexibility index (Phi) is 4.83. The molecular formula is C17H22O3. The molecule has 0 unspecified atom stereocenters. The van der Waals surface area contributed by atoms with Gasteiger partial charge < -0.3 is 9.47 Å². The predicted octanol–water partition coefficient (Wildman–Crippen LogP) is 3.65. The van der Waals surface area contributed by atoms with Crippen LogP contribution in [0.1, 0.15) is 37.3 Å². The molecule has 0 saturated carbocycles. The van der Waals surface area contributed by atoms with Crippen molar-refractivity contribution in [2.75, 3.05) is 14.2 Å². The highest BCUT2D eigenvalue weighted by Crippen LogP contribution is 2.33. The van der Waals surface area contributed by atoms with Crippen LogP contribution >= 0.6 is 0 Å². The summed E-state index contributed by atoms with van der Waals surface area (Å²) in [5.41, 5.74) is 2.07. The maximum Gasteiger partial charge on any atom is 0.161 e. The standard InChI is InChI=1S/C17H22O3/c1-4-5-6-12-7-8-13-10-16(19-2)17(20-3)11-14(13)9-15(12)18/h7-8,10-12H,4-6,9H2,1-3H3/t12-/m1/s1. The van der Waals surface area contributed by atoms with E-state index in [-0.39, 0.29) is 5.92 Å². The summed E-state index contributed by atoms with van der Waals surface area (Å²) >= 11 is 0. The fourth-order valence-electron chi connectivity index (χ4n) is 2.57. The number of carbonyl (C=O) groups is 1. The lowest BCUT2D eigenvalue weighted by molar-refractivity contribution is -0.121. The molecule has 0 radical (unpaired) electrons. The number of rotatable bonds is 5. The van der Waals surface area contributed by atoms with Crippen molar-refractivity contribution < 1.29 is 14.3 Å². The monoisotopic (exact) mass is 274 g/mol. The first kappa shape index (κ1) is 14.6. The van der Waals surface area contributed by atoms with E-state index in [4.69, 9.17) is 9.47 Å². The van der Waals surface area contributed by atoms with Crippen LogP contribution in [0.3, 0.4) is 0 Å². The molecule has 0 aromatic heterocycles. The van der Waals surface area contributed by atoms with Gasteiger partial charge in [-0.15, -0.1) is 0 Å². The first-order valence-electron chi connectivity index (χ1n) is 7.15. The summed E-state index contributed by atoms with van der Waals surface area (Å²) in [4.78, 5) is 12.3. The molecule has 1 aliphatic carbocycles. The Morgan fingerprint density at radius 3 is 2.55 bits per heavy atom. The number of fused-ring (bicyclic) bond motifs is 1. The van der Waals surface area contributed by atoms with E-state index >= 15 is 0 Å². The molecule has 1 aliphatic rings. The van der Waals surface area contributed by atoms with Crippen LogP contribution in [0.2, 0.25) is 0 Å². The fourth-order valence-corrected chi connectivity index (χ4v) is 2.57. The maximum atomic E-state index is 12.3. The highest BCUT2D eigenvalue weighted by molar-refractivity contribution is 5.88. The second-order valence-corrected chi connectivity index (χ2v) is 5.16. The van der Waals surface area contributed by atoms with Crippen molar-refractivity contribution in [3.05, 3.63) is 29.3 Å². The van der Waals surface area contributed by atoms with Gasteiger partial charge >= 0.3 is 0 Å². The Hall–Kier alpha value is -1.77. The van der Waals surface area contributed by atoms with Gasteiger partial charge in [0.05, 0.1) is 14.2 Å². The van der Waals surface area contributed by atoms with Crippen LogP contribution in [0.5, 0.6) is 11.5 Å². The lowest BCUT2D eigenvalue weighted by Crippen LogP contribution is -2.13. The zero-order valence-electron chi connectivity index (χ0n) is 12.4. The van der Waals surface area contributed by atoms with Crippen molar-refractivity contribution in [2.45, 2.75) is 32.6 Å². The van der Waals surface area contributed by atoms with E-state index in [0.29, 0.717) is 23.7 Å². The number of benzene rings is 1. The van der Waals surface area contributed by atoms with E-state index in [1.165, 1.54) is 0 Å². The summed E-state index contributed by atoms with van der Waals surface area (Å²) in [6, 6.07) is 3.86. The fraction of sp³-hybridized carbons (Fsp3) is 0.471. The van der Waals surface area contributed by atoms with E-state index in [0.717, 1.165) is 30.4 Å². The number of allylic oxidation sites excluding steroid dienone is 1. The van der Waals surface area contributed by atoms with Gasteiger partial charge in [-0.05, 0) is 29.7 Å². The molecule has 0 N–H and O–H groups in total. The molecular weight excluding hydrogens is 252 g/mol. The first-order valence-corrected chi connectivity index (χ1v) is 7.15. The average molecular weight is 274 g/mol. The van der Waals surface area contributed by atoms with Gasteiger partial charge in [-0.1, -0.05) is 31.9 Å². The van der Waals surface area contributed by atoms with E-state index in [9.17, 15) is 4.79 Å². The molecule has 1 atom stereocenters. The predicted molar refractivity (Wildman–Crippen MR) is 80.3 cm³/mol. The number of unbranched alkanes of at least 4 members (excludes halogenated alkanes) is 1. The summed E-state index contributed by atoms with van der Waals surface area (Å²) in [6.07, 6.45) is 7.69. The normalized spacial score (nSPS) is 17.6. The van der Waals surface area contributed by atoms with Crippen molar-refractivity contribution in [3.8, 4) is 11.5 Å². The second kappa shape index (κ2) is 6.60. The Bertz CT molecular complexity index is 517. The SMILES string of the molecule is CCCC[C@@H]1C=Cc2cc(OC)c(OC)cc2CC1=O. The minimum absolute atomic E-state index is 0.0411. The highest BCUT2D eigenvalue weighted by atomic mass is 16.5. The molecule has 0 heterocycles. The molecule has 108 valence electrons. The Morgan fingerprint density at radius 2 is 1.90 bits per heavy atom. The molecule has 0 saturated heterocycles. The molecule has 1 aromatic rings. The molecule has 3 heteroatoms. The van der Waals surface area contributed by atoms with Crippen LogP contribution in [0, 0.1) is 5.92 Å². The van der Waals surface area contributed by atoms with Gasteiger partial charge in [-0.25, -0.2) is 0 Å². The Balaban J connectivity index is 2.31. The summed E-state index contributed by atoms with van der Waals surface area (Å²) in [5.74, 6) is 1.72. The second-order valence-electron chi connectivity index (χ2n) is 5.16. The third-order valence-corrected chi connectivity index (χ3v) is 3.80. The molecule has 20 heavy (non-hydrogen) atoms. The van der Waals surface area contributed by atoms with Crippen molar-refractivity contribution >= 4 is 11.9 Å². The van der Waals surface area contributed by atoms with Crippen LogP contribution < -0.4 is 9.47 Å². The molecule has 1 aromatic carbocycles.